The van der Waals surface area contributed by atoms with Crippen LogP contribution in [-0.4, -0.2) is 37.0 Å². The molecule has 0 aliphatic carbocycles. The zero-order valence-electron chi connectivity index (χ0n) is 19.3. The van der Waals surface area contributed by atoms with Crippen LogP contribution in [-0.2, 0) is 9.53 Å². The molecule has 3 aromatic rings. The predicted molar refractivity (Wildman–Crippen MR) is 130 cm³/mol. The van der Waals surface area contributed by atoms with E-state index < -0.39 is 12.0 Å². The maximum absolute atomic E-state index is 13.8. The van der Waals surface area contributed by atoms with Crippen LogP contribution in [0.3, 0.4) is 0 Å². The van der Waals surface area contributed by atoms with Crippen LogP contribution >= 0.6 is 0 Å². The third-order valence-corrected chi connectivity index (χ3v) is 6.24. The van der Waals surface area contributed by atoms with Gasteiger partial charge >= 0.3 is 0 Å². The molecule has 0 bridgehead atoms. The summed E-state index contributed by atoms with van der Waals surface area (Å²) in [6.45, 7) is 5.07. The summed E-state index contributed by atoms with van der Waals surface area (Å²) < 4.78 is 5.29. The molecular weight excluding hydrogens is 412 g/mol. The molecule has 2 unspecified atom stereocenters. The summed E-state index contributed by atoms with van der Waals surface area (Å²) in [6, 6.07) is 24.7. The van der Waals surface area contributed by atoms with Crippen molar-refractivity contribution in [1.82, 2.24) is 4.90 Å². The second kappa shape index (κ2) is 10.0. The number of carbonyl (C=O) groups excluding carboxylic acids is 2. The Kier molecular flexibility index (Phi) is 6.90. The number of amides is 2. The molecule has 0 fully saturated rings. The number of fused-ring (bicyclic) bond motifs is 1. The second-order valence-electron chi connectivity index (χ2n) is 8.68. The van der Waals surface area contributed by atoms with Crippen molar-refractivity contribution in [2.24, 2.45) is 0 Å². The third kappa shape index (κ3) is 4.69. The lowest BCUT2D eigenvalue weighted by atomic mass is 9.79. The minimum Gasteiger partial charge on any atom is -0.383 e. The maximum atomic E-state index is 13.8. The zero-order valence-corrected chi connectivity index (χ0v) is 19.3. The Hall–Kier alpha value is -3.44. The van der Waals surface area contributed by atoms with Gasteiger partial charge in [0.1, 0.15) is 0 Å². The van der Waals surface area contributed by atoms with Crippen molar-refractivity contribution in [3.05, 3.63) is 101 Å². The zero-order chi connectivity index (χ0) is 23.4. The van der Waals surface area contributed by atoms with Crippen molar-refractivity contribution in [3.63, 3.8) is 0 Å². The van der Waals surface area contributed by atoms with Crippen LogP contribution in [0.4, 0.5) is 5.69 Å². The largest absolute Gasteiger partial charge is 0.383 e. The molecule has 2 atom stereocenters. The van der Waals surface area contributed by atoms with Gasteiger partial charge in [0.2, 0.25) is 5.91 Å². The van der Waals surface area contributed by atoms with Crippen molar-refractivity contribution >= 4 is 17.5 Å². The molecule has 0 aromatic heterocycles. The lowest BCUT2D eigenvalue weighted by Gasteiger charge is -2.41. The highest BCUT2D eigenvalue weighted by molar-refractivity contribution is 6.04. The first-order chi connectivity index (χ1) is 16.0. The highest BCUT2D eigenvalue weighted by Crippen LogP contribution is 2.43. The quantitative estimate of drug-likeness (QED) is 0.535. The van der Waals surface area contributed by atoms with Gasteiger partial charge in [-0.25, -0.2) is 0 Å². The molecule has 0 radical (unpaired) electrons. The van der Waals surface area contributed by atoms with Crippen LogP contribution in [0.1, 0.15) is 58.8 Å². The SMILES string of the molecule is COCCN1C(=O)c2ccccc2C(C(=O)Nc2ccc(C(C)C)cc2)C1c1ccccc1. The lowest BCUT2D eigenvalue weighted by Crippen LogP contribution is -2.47. The Morgan fingerprint density at radius 2 is 1.64 bits per heavy atom. The molecular formula is C28H30N2O3. The van der Waals surface area contributed by atoms with E-state index in [9.17, 15) is 9.59 Å². The van der Waals surface area contributed by atoms with Gasteiger partial charge in [0.25, 0.3) is 5.91 Å². The number of nitrogens with zero attached hydrogens (tertiary/aromatic N) is 1. The molecule has 5 heteroatoms. The average Bonchev–Trinajstić information content (AvgIpc) is 2.84. The first-order valence-electron chi connectivity index (χ1n) is 11.4. The van der Waals surface area contributed by atoms with Gasteiger partial charge < -0.3 is 15.0 Å². The third-order valence-electron chi connectivity index (χ3n) is 6.24. The smallest absolute Gasteiger partial charge is 0.254 e. The second-order valence-corrected chi connectivity index (χ2v) is 8.68. The fraction of sp³-hybridized carbons (Fsp3) is 0.286. The van der Waals surface area contributed by atoms with Gasteiger partial charge in [0.05, 0.1) is 18.6 Å². The fourth-order valence-electron chi connectivity index (χ4n) is 4.50. The Labute approximate surface area is 195 Å². The highest BCUT2D eigenvalue weighted by Gasteiger charge is 2.43. The Morgan fingerprint density at radius 3 is 2.30 bits per heavy atom. The minimum absolute atomic E-state index is 0.0816. The molecule has 3 aromatic carbocycles. The molecule has 170 valence electrons. The number of benzene rings is 3. The number of ether oxygens (including phenoxy) is 1. The van der Waals surface area contributed by atoms with Gasteiger partial charge in [-0.2, -0.15) is 0 Å². The summed E-state index contributed by atoms with van der Waals surface area (Å²) >= 11 is 0. The molecule has 5 nitrogen and oxygen atoms in total. The van der Waals surface area contributed by atoms with E-state index in [1.54, 1.807) is 18.1 Å². The highest BCUT2D eigenvalue weighted by atomic mass is 16.5. The van der Waals surface area contributed by atoms with Crippen LogP contribution in [0.25, 0.3) is 0 Å². The van der Waals surface area contributed by atoms with E-state index in [0.29, 0.717) is 24.6 Å². The van der Waals surface area contributed by atoms with Crippen molar-refractivity contribution in [1.29, 1.82) is 0 Å². The van der Waals surface area contributed by atoms with Gasteiger partial charge in [0, 0.05) is 24.9 Å². The van der Waals surface area contributed by atoms with Crippen molar-refractivity contribution in [2.75, 3.05) is 25.6 Å². The Balaban J connectivity index is 1.76. The number of nitrogens with one attached hydrogen (secondary N) is 1. The van der Waals surface area contributed by atoms with E-state index in [0.717, 1.165) is 16.8 Å². The molecule has 1 aliphatic heterocycles. The average molecular weight is 443 g/mol. The van der Waals surface area contributed by atoms with Crippen molar-refractivity contribution < 1.29 is 14.3 Å². The maximum Gasteiger partial charge on any atom is 0.254 e. The number of methoxy groups -OCH3 is 1. The predicted octanol–water partition coefficient (Wildman–Crippen LogP) is 5.38. The topological polar surface area (TPSA) is 58.6 Å². The summed E-state index contributed by atoms with van der Waals surface area (Å²) in [4.78, 5) is 29.0. The normalized spacial score (nSPS) is 17.7. The van der Waals surface area contributed by atoms with Crippen LogP contribution in [0.5, 0.6) is 0 Å². The van der Waals surface area contributed by atoms with Crippen molar-refractivity contribution in [3.8, 4) is 0 Å². The first-order valence-corrected chi connectivity index (χ1v) is 11.4. The van der Waals surface area contributed by atoms with E-state index >= 15 is 0 Å². The van der Waals surface area contributed by atoms with Gasteiger partial charge in [-0.05, 0) is 40.8 Å². The molecule has 1 aliphatic rings. The Morgan fingerprint density at radius 1 is 0.970 bits per heavy atom. The number of anilines is 1. The number of hydrogen-bond acceptors (Lipinski definition) is 3. The van der Waals surface area contributed by atoms with Gasteiger partial charge in [-0.3, -0.25) is 9.59 Å². The standard InChI is InChI=1S/C28H30N2O3/c1-19(2)20-13-15-22(16-14-20)29-27(31)25-23-11-7-8-12-24(23)28(32)30(17-18-33-3)26(25)21-9-5-4-6-10-21/h4-16,19,25-26H,17-18H2,1-3H3,(H,29,31). The molecule has 4 rings (SSSR count). The first kappa shape index (κ1) is 22.7. The van der Waals surface area contributed by atoms with Crippen molar-refractivity contribution in [2.45, 2.75) is 31.7 Å². The summed E-state index contributed by atoms with van der Waals surface area (Å²) in [6.07, 6.45) is 0. The van der Waals surface area contributed by atoms with E-state index in [-0.39, 0.29) is 11.8 Å². The van der Waals surface area contributed by atoms with Gasteiger partial charge in [-0.1, -0.05) is 74.5 Å². The minimum atomic E-state index is -0.553. The van der Waals surface area contributed by atoms with E-state index in [4.69, 9.17) is 4.74 Å². The molecule has 0 spiro atoms. The molecule has 2 amide bonds. The van der Waals surface area contributed by atoms with Gasteiger partial charge in [-0.15, -0.1) is 0 Å². The van der Waals surface area contributed by atoms with E-state index in [2.05, 4.69) is 19.2 Å². The number of hydrogen-bond donors (Lipinski definition) is 1. The van der Waals surface area contributed by atoms with Gasteiger partial charge in [0.15, 0.2) is 0 Å². The summed E-state index contributed by atoms with van der Waals surface area (Å²) in [7, 11) is 1.62. The number of rotatable bonds is 7. The van der Waals surface area contributed by atoms with Crippen LogP contribution in [0.15, 0.2) is 78.9 Å². The van der Waals surface area contributed by atoms with Crippen LogP contribution in [0.2, 0.25) is 0 Å². The Bertz CT molecular complexity index is 1110. The summed E-state index contributed by atoms with van der Waals surface area (Å²) in [5.74, 6) is -0.351. The van der Waals surface area contributed by atoms with Crippen LogP contribution < -0.4 is 5.32 Å². The summed E-state index contributed by atoms with van der Waals surface area (Å²) in [5, 5.41) is 3.10. The fourth-order valence-corrected chi connectivity index (χ4v) is 4.50. The lowest BCUT2D eigenvalue weighted by molar-refractivity contribution is -0.119. The van der Waals surface area contributed by atoms with E-state index in [1.165, 1.54) is 5.56 Å². The molecule has 0 saturated carbocycles. The summed E-state index contributed by atoms with van der Waals surface area (Å²) in [5.41, 5.74) is 4.20. The molecule has 33 heavy (non-hydrogen) atoms. The van der Waals surface area contributed by atoms with E-state index in [1.807, 2.05) is 72.8 Å². The molecule has 1 heterocycles. The number of carbonyl (C=O) groups is 2. The monoisotopic (exact) mass is 442 g/mol. The van der Waals surface area contributed by atoms with Crippen LogP contribution in [0, 0.1) is 0 Å². The molecule has 1 N–H and O–H groups in total. The molecule has 0 saturated heterocycles.